The number of rotatable bonds is 4. The Kier molecular flexibility index (Phi) is 4.65. The van der Waals surface area contributed by atoms with E-state index in [4.69, 9.17) is 9.52 Å². The lowest BCUT2D eigenvalue weighted by atomic mass is 10.0. The Labute approximate surface area is 189 Å². The van der Waals surface area contributed by atoms with Crippen LogP contribution < -0.4 is 5.43 Å². The van der Waals surface area contributed by atoms with E-state index >= 15 is 0 Å². The van der Waals surface area contributed by atoms with E-state index in [0.29, 0.717) is 24.6 Å². The lowest BCUT2D eigenvalue weighted by Gasteiger charge is -2.33. The van der Waals surface area contributed by atoms with Crippen LogP contribution >= 0.6 is 0 Å². The summed E-state index contributed by atoms with van der Waals surface area (Å²) in [4.78, 5) is 31.1. The second kappa shape index (κ2) is 7.70. The zero-order valence-corrected chi connectivity index (χ0v) is 17.9. The number of benzene rings is 2. The molecule has 9 nitrogen and oxygen atoms in total. The highest BCUT2D eigenvalue weighted by atomic mass is 16.4. The van der Waals surface area contributed by atoms with Gasteiger partial charge in [0, 0.05) is 55.7 Å². The monoisotopic (exact) mass is 445 g/mol. The fourth-order valence-corrected chi connectivity index (χ4v) is 4.66. The molecule has 2 fully saturated rings. The molecule has 2 atom stereocenters. The second-order valence-electron chi connectivity index (χ2n) is 8.87. The Balaban J connectivity index is 1.16. The molecule has 168 valence electrons. The van der Waals surface area contributed by atoms with Crippen molar-refractivity contribution in [1.29, 1.82) is 0 Å². The van der Waals surface area contributed by atoms with E-state index in [1.807, 2.05) is 30.3 Å². The van der Waals surface area contributed by atoms with Crippen molar-refractivity contribution in [3.8, 4) is 11.5 Å². The van der Waals surface area contributed by atoms with Gasteiger partial charge in [-0.2, -0.15) is 5.10 Å². The minimum atomic E-state index is -0.848. The number of nitrogens with zero attached hydrogens (tertiary/aromatic N) is 4. The molecule has 1 aliphatic carbocycles. The SMILES string of the molecule is O=C1NN=C(c2ccc3nc(-c4ccc(CN5CCN(C(=O)O)CC5)cc4)oc3c2)C2CC12. The van der Waals surface area contributed by atoms with Gasteiger partial charge in [-0.25, -0.2) is 15.2 Å². The van der Waals surface area contributed by atoms with Crippen LogP contribution in [0.2, 0.25) is 0 Å². The molecule has 9 heteroatoms. The third-order valence-electron chi connectivity index (χ3n) is 6.70. The van der Waals surface area contributed by atoms with Gasteiger partial charge in [0.1, 0.15) is 5.52 Å². The molecular formula is C24H23N5O4. The Morgan fingerprint density at radius 2 is 1.82 bits per heavy atom. The number of hydrogen-bond donors (Lipinski definition) is 2. The van der Waals surface area contributed by atoms with E-state index in [9.17, 15) is 9.59 Å². The number of hydrogen-bond acceptors (Lipinski definition) is 6. The average molecular weight is 445 g/mol. The van der Waals surface area contributed by atoms with Crippen molar-refractivity contribution in [2.75, 3.05) is 26.2 Å². The lowest BCUT2D eigenvalue weighted by molar-refractivity contribution is -0.122. The van der Waals surface area contributed by atoms with Crippen molar-refractivity contribution in [3.05, 3.63) is 53.6 Å². The van der Waals surface area contributed by atoms with E-state index in [1.165, 1.54) is 4.90 Å². The third-order valence-corrected chi connectivity index (χ3v) is 6.70. The Bertz CT molecular complexity index is 1270. The van der Waals surface area contributed by atoms with Crippen LogP contribution in [0.15, 0.2) is 52.0 Å². The fourth-order valence-electron chi connectivity index (χ4n) is 4.66. The van der Waals surface area contributed by atoms with E-state index in [0.717, 1.165) is 54.0 Å². The van der Waals surface area contributed by atoms with Gasteiger partial charge in [-0.3, -0.25) is 9.69 Å². The quantitative estimate of drug-likeness (QED) is 0.639. The molecule has 0 spiro atoms. The van der Waals surface area contributed by atoms with E-state index in [2.05, 4.69) is 32.5 Å². The van der Waals surface area contributed by atoms with Crippen LogP contribution in [-0.2, 0) is 11.3 Å². The van der Waals surface area contributed by atoms with Crippen molar-refractivity contribution in [3.63, 3.8) is 0 Å². The number of piperazine rings is 1. The van der Waals surface area contributed by atoms with Crippen molar-refractivity contribution >= 4 is 28.8 Å². The molecule has 2 N–H and O–H groups in total. The Hall–Kier alpha value is -3.72. The predicted molar refractivity (Wildman–Crippen MR) is 121 cm³/mol. The topological polar surface area (TPSA) is 111 Å². The average Bonchev–Trinajstić information content (AvgIpc) is 3.52. The molecule has 0 radical (unpaired) electrons. The number of carbonyl (C=O) groups excluding carboxylic acids is 1. The molecule has 1 saturated carbocycles. The fraction of sp³-hybridized carbons (Fsp3) is 0.333. The van der Waals surface area contributed by atoms with Crippen molar-refractivity contribution in [2.24, 2.45) is 16.9 Å². The molecule has 33 heavy (non-hydrogen) atoms. The first kappa shape index (κ1) is 19.9. The van der Waals surface area contributed by atoms with Crippen LogP contribution in [0.1, 0.15) is 17.5 Å². The maximum atomic E-state index is 11.7. The summed E-state index contributed by atoms with van der Waals surface area (Å²) in [6.07, 6.45) is 0.00562. The highest BCUT2D eigenvalue weighted by Crippen LogP contribution is 2.43. The van der Waals surface area contributed by atoms with Gasteiger partial charge in [0.05, 0.1) is 5.71 Å². The number of oxazole rings is 1. The molecule has 1 saturated heterocycles. The number of hydrazone groups is 1. The van der Waals surface area contributed by atoms with Crippen LogP contribution in [0.5, 0.6) is 0 Å². The third kappa shape index (κ3) is 3.74. The summed E-state index contributed by atoms with van der Waals surface area (Å²) in [5.74, 6) is 0.834. The molecule has 3 heterocycles. The van der Waals surface area contributed by atoms with Gasteiger partial charge < -0.3 is 14.4 Å². The lowest BCUT2D eigenvalue weighted by Crippen LogP contribution is -2.47. The maximum Gasteiger partial charge on any atom is 0.407 e. The molecule has 2 unspecified atom stereocenters. The normalized spacial score (nSPS) is 22.6. The van der Waals surface area contributed by atoms with E-state index < -0.39 is 6.09 Å². The van der Waals surface area contributed by atoms with Crippen LogP contribution in [0.4, 0.5) is 4.79 Å². The molecule has 2 amide bonds. The second-order valence-corrected chi connectivity index (χ2v) is 8.87. The molecule has 3 aromatic rings. The molecule has 1 aromatic heterocycles. The first-order valence-electron chi connectivity index (χ1n) is 11.1. The zero-order valence-electron chi connectivity index (χ0n) is 17.9. The summed E-state index contributed by atoms with van der Waals surface area (Å²) in [7, 11) is 0. The highest BCUT2D eigenvalue weighted by Gasteiger charge is 2.49. The van der Waals surface area contributed by atoms with Gasteiger partial charge in [0.15, 0.2) is 5.58 Å². The van der Waals surface area contributed by atoms with Crippen molar-refractivity contribution in [2.45, 2.75) is 13.0 Å². The first-order chi connectivity index (χ1) is 16.0. The Morgan fingerprint density at radius 1 is 1.06 bits per heavy atom. The molecule has 3 aliphatic rings. The number of fused-ring (bicyclic) bond motifs is 2. The summed E-state index contributed by atoms with van der Waals surface area (Å²) >= 11 is 0. The summed E-state index contributed by atoms with van der Waals surface area (Å²) in [5, 5.41) is 13.3. The van der Waals surface area contributed by atoms with E-state index in [-0.39, 0.29) is 17.7 Å². The number of amides is 2. The summed E-state index contributed by atoms with van der Waals surface area (Å²) in [6, 6.07) is 14.0. The molecule has 0 bridgehead atoms. The van der Waals surface area contributed by atoms with Crippen LogP contribution in [0, 0.1) is 11.8 Å². The van der Waals surface area contributed by atoms with Gasteiger partial charge >= 0.3 is 6.09 Å². The minimum absolute atomic E-state index is 0.0118. The standard InChI is InChI=1S/C24H23N5O4/c30-22-18-12-17(18)21(26-27-22)16-5-6-19-20(11-16)33-23(25-19)15-3-1-14(2-4-15)13-28-7-9-29(10-8-28)24(31)32/h1-6,11,17-18H,7-10,12-13H2,(H,27,30)(H,31,32). The highest BCUT2D eigenvalue weighted by molar-refractivity contribution is 6.10. The van der Waals surface area contributed by atoms with Gasteiger partial charge in [-0.05, 0) is 36.2 Å². The van der Waals surface area contributed by atoms with E-state index in [1.54, 1.807) is 0 Å². The summed E-state index contributed by atoms with van der Waals surface area (Å²) < 4.78 is 6.05. The molecule has 6 rings (SSSR count). The summed E-state index contributed by atoms with van der Waals surface area (Å²) in [6.45, 7) is 3.33. The molecule has 2 aliphatic heterocycles. The van der Waals surface area contributed by atoms with Gasteiger partial charge in [-0.15, -0.1) is 0 Å². The zero-order chi connectivity index (χ0) is 22.5. The first-order valence-corrected chi connectivity index (χ1v) is 11.1. The van der Waals surface area contributed by atoms with Crippen LogP contribution in [0.3, 0.4) is 0 Å². The number of nitrogens with one attached hydrogen (secondary N) is 1. The summed E-state index contributed by atoms with van der Waals surface area (Å²) in [5.41, 5.74) is 8.02. The number of carbonyl (C=O) groups is 2. The number of aromatic nitrogens is 1. The van der Waals surface area contributed by atoms with Gasteiger partial charge in [0.25, 0.3) is 0 Å². The van der Waals surface area contributed by atoms with Crippen molar-refractivity contribution < 1.29 is 19.1 Å². The largest absolute Gasteiger partial charge is 0.465 e. The van der Waals surface area contributed by atoms with Gasteiger partial charge in [-0.1, -0.05) is 18.2 Å². The van der Waals surface area contributed by atoms with Crippen LogP contribution in [-0.4, -0.2) is 63.8 Å². The minimum Gasteiger partial charge on any atom is -0.465 e. The smallest absolute Gasteiger partial charge is 0.407 e. The molecule has 2 aromatic carbocycles. The predicted octanol–water partition coefficient (Wildman–Crippen LogP) is 2.76. The maximum absolute atomic E-state index is 11.7. The number of carboxylic acid groups (broad SMARTS) is 1. The van der Waals surface area contributed by atoms with Crippen LogP contribution in [0.25, 0.3) is 22.6 Å². The Morgan fingerprint density at radius 3 is 2.58 bits per heavy atom. The van der Waals surface area contributed by atoms with Crippen molar-refractivity contribution in [1.82, 2.24) is 20.2 Å². The van der Waals surface area contributed by atoms with Gasteiger partial charge in [0.2, 0.25) is 11.8 Å². The molecular weight excluding hydrogens is 422 g/mol.